The Hall–Kier alpha value is -1.88. The zero-order valence-electron chi connectivity index (χ0n) is 10.8. The fraction of sp³-hybridized carbons (Fsp3) is 0.133. The van der Waals surface area contributed by atoms with Crippen molar-refractivity contribution >= 4 is 21.6 Å². The van der Waals surface area contributed by atoms with Crippen molar-refractivity contribution in [1.29, 1.82) is 0 Å². The predicted octanol–water partition coefficient (Wildman–Crippen LogP) is 4.37. The molecule has 0 spiro atoms. The number of benzene rings is 2. The summed E-state index contributed by atoms with van der Waals surface area (Å²) in [5.41, 5.74) is 1.87. The van der Waals surface area contributed by atoms with Gasteiger partial charge in [-0.15, -0.1) is 0 Å². The molecule has 0 amide bonds. The molecular weight excluding hydrogens is 325 g/mol. The molecule has 2 rings (SSSR count). The van der Waals surface area contributed by atoms with Gasteiger partial charge in [-0.2, -0.15) is 0 Å². The van der Waals surface area contributed by atoms with Gasteiger partial charge in [0.2, 0.25) is 0 Å². The summed E-state index contributed by atoms with van der Waals surface area (Å²) in [5, 5.41) is 12.0. The van der Waals surface area contributed by atoms with Gasteiger partial charge in [0.15, 0.2) is 0 Å². The predicted molar refractivity (Wildman–Crippen MR) is 78.9 cm³/mol. The lowest BCUT2D eigenvalue weighted by Gasteiger charge is -2.11. The number of nitrogens with zero attached hydrogens (tertiary/aromatic N) is 1. The van der Waals surface area contributed by atoms with E-state index >= 15 is 0 Å². The van der Waals surface area contributed by atoms with Crippen molar-refractivity contribution in [2.45, 2.75) is 13.5 Å². The molecule has 2 aromatic rings. The molecule has 0 aromatic heterocycles. The Morgan fingerprint density at radius 3 is 2.75 bits per heavy atom. The zero-order valence-corrected chi connectivity index (χ0v) is 12.4. The van der Waals surface area contributed by atoms with E-state index < -0.39 is 0 Å². The first-order valence-electron chi connectivity index (χ1n) is 5.96. The number of halogens is 2. The maximum Gasteiger partial charge on any atom is 0.128 e. The molecule has 0 heterocycles. The first kappa shape index (κ1) is 14.5. The van der Waals surface area contributed by atoms with Gasteiger partial charge in [0.1, 0.15) is 18.2 Å². The lowest BCUT2D eigenvalue weighted by Crippen LogP contribution is -2.02. The first-order valence-corrected chi connectivity index (χ1v) is 6.75. The van der Waals surface area contributed by atoms with Gasteiger partial charge >= 0.3 is 0 Å². The second-order valence-corrected chi connectivity index (χ2v) is 5.16. The van der Waals surface area contributed by atoms with E-state index in [0.717, 1.165) is 0 Å². The summed E-state index contributed by atoms with van der Waals surface area (Å²) < 4.78 is 19.6. The summed E-state index contributed by atoms with van der Waals surface area (Å²) >= 11 is 3.24. The minimum Gasteiger partial charge on any atom is -0.488 e. The van der Waals surface area contributed by atoms with E-state index in [1.54, 1.807) is 25.1 Å². The average molecular weight is 338 g/mol. The fourth-order valence-electron chi connectivity index (χ4n) is 1.80. The molecule has 3 nitrogen and oxygen atoms in total. The van der Waals surface area contributed by atoms with Crippen LogP contribution in [0.5, 0.6) is 5.75 Å². The van der Waals surface area contributed by atoms with Gasteiger partial charge in [0.05, 0.1) is 5.71 Å². The minimum atomic E-state index is -0.320. The number of ether oxygens (including phenoxy) is 1. The summed E-state index contributed by atoms with van der Waals surface area (Å²) in [5.74, 6) is 0.266. The Labute approximate surface area is 124 Å². The molecule has 1 N–H and O–H groups in total. The number of para-hydroxylation sites is 1. The average Bonchev–Trinajstić information content (AvgIpc) is 2.43. The SMILES string of the molecule is CC(=NO)c1ccccc1OCc1cc(F)cc(Br)c1. The summed E-state index contributed by atoms with van der Waals surface area (Å²) in [4.78, 5) is 0. The highest BCUT2D eigenvalue weighted by atomic mass is 79.9. The molecule has 0 aliphatic carbocycles. The van der Waals surface area contributed by atoms with Crippen LogP contribution in [0.1, 0.15) is 18.1 Å². The first-order chi connectivity index (χ1) is 9.60. The third kappa shape index (κ3) is 3.57. The molecule has 0 saturated heterocycles. The highest BCUT2D eigenvalue weighted by Gasteiger charge is 2.07. The summed E-state index contributed by atoms with van der Waals surface area (Å²) in [6.07, 6.45) is 0. The smallest absolute Gasteiger partial charge is 0.128 e. The maximum absolute atomic E-state index is 13.3. The lowest BCUT2D eigenvalue weighted by atomic mass is 10.1. The van der Waals surface area contributed by atoms with Crippen molar-refractivity contribution in [3.63, 3.8) is 0 Å². The highest BCUT2D eigenvalue weighted by molar-refractivity contribution is 9.10. The largest absolute Gasteiger partial charge is 0.488 e. The van der Waals surface area contributed by atoms with Crippen LogP contribution in [0.4, 0.5) is 4.39 Å². The molecule has 5 heteroatoms. The molecule has 0 saturated carbocycles. The van der Waals surface area contributed by atoms with E-state index in [9.17, 15) is 4.39 Å². The second-order valence-electron chi connectivity index (χ2n) is 4.25. The van der Waals surface area contributed by atoms with Gasteiger partial charge in [-0.3, -0.25) is 0 Å². The Morgan fingerprint density at radius 2 is 2.05 bits per heavy atom. The van der Waals surface area contributed by atoms with Crippen molar-refractivity contribution in [2.75, 3.05) is 0 Å². The Kier molecular flexibility index (Phi) is 4.74. The van der Waals surface area contributed by atoms with Crippen molar-refractivity contribution in [2.24, 2.45) is 5.16 Å². The number of hydrogen-bond donors (Lipinski definition) is 1. The minimum absolute atomic E-state index is 0.228. The van der Waals surface area contributed by atoms with Crippen LogP contribution in [0, 0.1) is 5.82 Å². The van der Waals surface area contributed by atoms with Crippen LogP contribution in [0.25, 0.3) is 0 Å². The highest BCUT2D eigenvalue weighted by Crippen LogP contribution is 2.21. The number of oxime groups is 1. The monoisotopic (exact) mass is 337 g/mol. The standard InChI is InChI=1S/C15H13BrFNO2/c1-10(18-19)14-4-2-3-5-15(14)20-9-11-6-12(16)8-13(17)7-11/h2-8,19H,9H2,1H3. The summed E-state index contributed by atoms with van der Waals surface area (Å²) in [6.45, 7) is 1.91. The Balaban J connectivity index is 2.19. The van der Waals surface area contributed by atoms with Crippen molar-refractivity contribution in [3.05, 3.63) is 63.9 Å². The van der Waals surface area contributed by atoms with Crippen molar-refractivity contribution in [3.8, 4) is 5.75 Å². The van der Waals surface area contributed by atoms with Crippen molar-refractivity contribution < 1.29 is 14.3 Å². The topological polar surface area (TPSA) is 41.8 Å². The summed E-state index contributed by atoms with van der Waals surface area (Å²) in [6, 6.07) is 11.8. The molecule has 0 radical (unpaired) electrons. The third-order valence-electron chi connectivity index (χ3n) is 2.74. The molecule has 104 valence electrons. The molecule has 0 aliphatic rings. The van der Waals surface area contributed by atoms with Crippen LogP contribution in [0.3, 0.4) is 0 Å². The van der Waals surface area contributed by atoms with Crippen LogP contribution in [-0.2, 0) is 6.61 Å². The van der Waals surface area contributed by atoms with Crippen LogP contribution in [0.15, 0.2) is 52.1 Å². The van der Waals surface area contributed by atoms with Gasteiger partial charge in [-0.25, -0.2) is 4.39 Å². The van der Waals surface area contributed by atoms with E-state index in [-0.39, 0.29) is 12.4 Å². The maximum atomic E-state index is 13.3. The normalized spacial score (nSPS) is 11.4. The molecule has 0 bridgehead atoms. The van der Waals surface area contributed by atoms with Gasteiger partial charge < -0.3 is 9.94 Å². The molecular formula is C15H13BrFNO2. The van der Waals surface area contributed by atoms with Gasteiger partial charge in [0, 0.05) is 10.0 Å². The summed E-state index contributed by atoms with van der Waals surface area (Å²) in [7, 11) is 0. The van der Waals surface area contributed by atoms with E-state index in [1.807, 2.05) is 12.1 Å². The van der Waals surface area contributed by atoms with E-state index in [2.05, 4.69) is 21.1 Å². The molecule has 20 heavy (non-hydrogen) atoms. The number of rotatable bonds is 4. The van der Waals surface area contributed by atoms with Gasteiger partial charge in [0.25, 0.3) is 0 Å². The molecule has 0 unspecified atom stereocenters. The van der Waals surface area contributed by atoms with E-state index in [4.69, 9.17) is 9.94 Å². The Morgan fingerprint density at radius 1 is 1.30 bits per heavy atom. The van der Waals surface area contributed by atoms with Crippen LogP contribution < -0.4 is 4.74 Å². The van der Waals surface area contributed by atoms with Gasteiger partial charge in [-0.05, 0) is 42.8 Å². The fourth-order valence-corrected chi connectivity index (χ4v) is 2.31. The lowest BCUT2D eigenvalue weighted by molar-refractivity contribution is 0.302. The molecule has 2 aromatic carbocycles. The van der Waals surface area contributed by atoms with Crippen LogP contribution in [-0.4, -0.2) is 10.9 Å². The molecule has 0 fully saturated rings. The van der Waals surface area contributed by atoms with E-state index in [1.165, 1.54) is 12.1 Å². The van der Waals surface area contributed by atoms with Gasteiger partial charge in [-0.1, -0.05) is 33.2 Å². The van der Waals surface area contributed by atoms with Crippen LogP contribution in [0.2, 0.25) is 0 Å². The molecule has 0 aliphatic heterocycles. The number of hydrogen-bond acceptors (Lipinski definition) is 3. The zero-order chi connectivity index (χ0) is 14.5. The van der Waals surface area contributed by atoms with Crippen molar-refractivity contribution in [1.82, 2.24) is 0 Å². The molecule has 0 atom stereocenters. The quantitative estimate of drug-likeness (QED) is 0.511. The second kappa shape index (κ2) is 6.52. The van der Waals surface area contributed by atoms with Crippen LogP contribution >= 0.6 is 15.9 Å². The van der Waals surface area contributed by atoms with E-state index in [0.29, 0.717) is 27.1 Å². The third-order valence-corrected chi connectivity index (χ3v) is 3.20. The Bertz CT molecular complexity index is 623.